The van der Waals surface area contributed by atoms with E-state index in [-0.39, 0.29) is 11.4 Å². The maximum Gasteiger partial charge on any atom is 0.242 e. The molecular weight excluding hydrogens is 270 g/mol. The van der Waals surface area contributed by atoms with Gasteiger partial charge in [0.2, 0.25) is 5.91 Å². The minimum Gasteiger partial charge on any atom is -0.353 e. The molecule has 4 nitrogen and oxygen atoms in total. The molecule has 0 aromatic carbocycles. The summed E-state index contributed by atoms with van der Waals surface area (Å²) >= 11 is 1.53. The van der Waals surface area contributed by atoms with Gasteiger partial charge in [-0.15, -0.1) is 11.3 Å². The van der Waals surface area contributed by atoms with Crippen LogP contribution in [0.15, 0.2) is 17.5 Å². The largest absolute Gasteiger partial charge is 0.353 e. The molecular formula is C15H25N3OS. The number of hydrogen-bond acceptors (Lipinski definition) is 4. The van der Waals surface area contributed by atoms with Crippen molar-refractivity contribution >= 4 is 17.2 Å². The lowest BCUT2D eigenvalue weighted by Crippen LogP contribution is -2.54. The van der Waals surface area contributed by atoms with E-state index in [2.05, 4.69) is 24.3 Å². The molecule has 1 saturated carbocycles. The van der Waals surface area contributed by atoms with Crippen molar-refractivity contribution in [2.45, 2.75) is 43.7 Å². The van der Waals surface area contributed by atoms with Gasteiger partial charge in [-0.3, -0.25) is 4.79 Å². The maximum absolute atomic E-state index is 12.2. The molecule has 1 unspecified atom stereocenters. The normalized spacial score (nSPS) is 19.8. The second-order valence-corrected chi connectivity index (χ2v) is 6.87. The van der Waals surface area contributed by atoms with Crippen molar-refractivity contribution in [3.63, 3.8) is 0 Å². The van der Waals surface area contributed by atoms with E-state index in [4.69, 9.17) is 5.73 Å². The van der Waals surface area contributed by atoms with Gasteiger partial charge in [-0.2, -0.15) is 0 Å². The fraction of sp³-hybridized carbons (Fsp3) is 0.667. The number of rotatable bonds is 5. The second-order valence-electron chi connectivity index (χ2n) is 5.89. The molecule has 0 saturated heterocycles. The molecule has 2 rings (SSSR count). The van der Waals surface area contributed by atoms with Gasteiger partial charge in [-0.1, -0.05) is 25.3 Å². The highest BCUT2D eigenvalue weighted by molar-refractivity contribution is 7.10. The van der Waals surface area contributed by atoms with E-state index in [1.807, 2.05) is 17.5 Å². The topological polar surface area (TPSA) is 58.4 Å². The van der Waals surface area contributed by atoms with Crippen molar-refractivity contribution in [1.82, 2.24) is 10.2 Å². The zero-order valence-corrected chi connectivity index (χ0v) is 13.2. The molecule has 1 heterocycles. The van der Waals surface area contributed by atoms with E-state index >= 15 is 0 Å². The quantitative estimate of drug-likeness (QED) is 0.875. The van der Waals surface area contributed by atoms with E-state index < -0.39 is 6.04 Å². The third-order valence-corrected chi connectivity index (χ3v) is 5.41. The molecule has 0 aliphatic heterocycles. The number of nitrogens with zero attached hydrogens (tertiary/aromatic N) is 1. The molecule has 1 aliphatic rings. The van der Waals surface area contributed by atoms with Gasteiger partial charge in [0.15, 0.2) is 0 Å². The van der Waals surface area contributed by atoms with E-state index in [0.29, 0.717) is 6.54 Å². The van der Waals surface area contributed by atoms with E-state index in [1.54, 1.807) is 0 Å². The first-order valence-corrected chi connectivity index (χ1v) is 8.17. The molecule has 0 bridgehead atoms. The van der Waals surface area contributed by atoms with Crippen LogP contribution in [0.5, 0.6) is 0 Å². The molecule has 5 heteroatoms. The molecule has 3 N–H and O–H groups in total. The molecule has 1 fully saturated rings. The van der Waals surface area contributed by atoms with Gasteiger partial charge in [0.05, 0.1) is 0 Å². The number of likely N-dealkylation sites (N-methyl/N-ethyl adjacent to an activating group) is 1. The number of carbonyl (C=O) groups is 1. The Morgan fingerprint density at radius 3 is 2.70 bits per heavy atom. The Labute approximate surface area is 125 Å². The van der Waals surface area contributed by atoms with E-state index in [0.717, 1.165) is 17.7 Å². The van der Waals surface area contributed by atoms with E-state index in [9.17, 15) is 4.79 Å². The van der Waals surface area contributed by atoms with Crippen molar-refractivity contribution in [1.29, 1.82) is 0 Å². The number of nitrogens with two attached hydrogens (primary N) is 1. The SMILES string of the molecule is CN(C)C1(CNC(=O)C(N)c2cccs2)CCCCC1. The van der Waals surface area contributed by atoms with Gasteiger partial charge in [-0.05, 0) is 38.4 Å². The van der Waals surface area contributed by atoms with Crippen molar-refractivity contribution < 1.29 is 4.79 Å². The Hall–Kier alpha value is -0.910. The average Bonchev–Trinajstić information content (AvgIpc) is 2.99. The monoisotopic (exact) mass is 295 g/mol. The molecule has 1 aliphatic carbocycles. The first-order valence-electron chi connectivity index (χ1n) is 7.29. The summed E-state index contributed by atoms with van der Waals surface area (Å²) < 4.78 is 0. The second kappa shape index (κ2) is 6.70. The Kier molecular flexibility index (Phi) is 5.18. The van der Waals surface area contributed by atoms with Crippen LogP contribution >= 0.6 is 11.3 Å². The summed E-state index contributed by atoms with van der Waals surface area (Å²) in [5, 5.41) is 5.01. The van der Waals surface area contributed by atoms with Gasteiger partial charge in [-0.25, -0.2) is 0 Å². The zero-order chi connectivity index (χ0) is 14.6. The molecule has 0 spiro atoms. The number of thiophene rings is 1. The van der Waals surface area contributed by atoms with Gasteiger partial charge in [0.25, 0.3) is 0 Å². The summed E-state index contributed by atoms with van der Waals surface area (Å²) in [6.45, 7) is 0.692. The Balaban J connectivity index is 1.94. The van der Waals surface area contributed by atoms with Gasteiger partial charge in [0.1, 0.15) is 6.04 Å². The van der Waals surface area contributed by atoms with Gasteiger partial charge in [0, 0.05) is 17.0 Å². The summed E-state index contributed by atoms with van der Waals surface area (Å²) in [6.07, 6.45) is 6.08. The summed E-state index contributed by atoms with van der Waals surface area (Å²) in [4.78, 5) is 15.4. The first-order chi connectivity index (χ1) is 9.55. The lowest BCUT2D eigenvalue weighted by atomic mass is 9.80. The summed E-state index contributed by atoms with van der Waals surface area (Å²) in [6, 6.07) is 3.30. The third kappa shape index (κ3) is 3.40. The van der Waals surface area contributed by atoms with E-state index in [1.165, 1.54) is 30.6 Å². The fourth-order valence-electron chi connectivity index (χ4n) is 2.95. The average molecular weight is 295 g/mol. The maximum atomic E-state index is 12.2. The van der Waals surface area contributed by atoms with Crippen molar-refractivity contribution in [2.24, 2.45) is 5.73 Å². The van der Waals surface area contributed by atoms with Crippen LogP contribution in [-0.2, 0) is 4.79 Å². The summed E-state index contributed by atoms with van der Waals surface area (Å²) in [5.74, 6) is -0.0701. The minimum absolute atomic E-state index is 0.0701. The smallest absolute Gasteiger partial charge is 0.242 e. The van der Waals surface area contributed by atoms with Gasteiger partial charge >= 0.3 is 0 Å². The number of carbonyl (C=O) groups excluding carboxylic acids is 1. The van der Waals surface area contributed by atoms with Crippen LogP contribution in [0.1, 0.15) is 43.0 Å². The standard InChI is InChI=1S/C15H25N3OS/c1-18(2)15(8-4-3-5-9-15)11-17-14(19)13(16)12-7-6-10-20-12/h6-7,10,13H,3-5,8-9,11,16H2,1-2H3,(H,17,19). The van der Waals surface area contributed by atoms with Crippen LogP contribution in [0.2, 0.25) is 0 Å². The molecule has 1 aromatic rings. The lowest BCUT2D eigenvalue weighted by Gasteiger charge is -2.43. The highest BCUT2D eigenvalue weighted by Gasteiger charge is 2.34. The Morgan fingerprint density at radius 1 is 1.45 bits per heavy atom. The fourth-order valence-corrected chi connectivity index (χ4v) is 3.68. The molecule has 1 amide bonds. The van der Waals surface area contributed by atoms with Crippen LogP contribution in [0.3, 0.4) is 0 Å². The molecule has 0 radical (unpaired) electrons. The lowest BCUT2D eigenvalue weighted by molar-refractivity contribution is -0.123. The zero-order valence-electron chi connectivity index (χ0n) is 12.4. The van der Waals surface area contributed by atoms with Crippen LogP contribution in [0, 0.1) is 0 Å². The molecule has 20 heavy (non-hydrogen) atoms. The molecule has 1 aromatic heterocycles. The number of amides is 1. The van der Waals surface area contributed by atoms with Crippen LogP contribution in [0.25, 0.3) is 0 Å². The predicted octanol–water partition coefficient (Wildman–Crippen LogP) is 2.13. The third-order valence-electron chi connectivity index (χ3n) is 4.46. The summed E-state index contributed by atoms with van der Waals surface area (Å²) in [7, 11) is 4.22. The molecule has 1 atom stereocenters. The molecule has 112 valence electrons. The highest BCUT2D eigenvalue weighted by Crippen LogP contribution is 2.31. The highest BCUT2D eigenvalue weighted by atomic mass is 32.1. The Morgan fingerprint density at radius 2 is 2.15 bits per heavy atom. The predicted molar refractivity (Wildman–Crippen MR) is 83.8 cm³/mol. The van der Waals surface area contributed by atoms with Crippen LogP contribution in [-0.4, -0.2) is 37.0 Å². The van der Waals surface area contributed by atoms with Crippen LogP contribution in [0.4, 0.5) is 0 Å². The van der Waals surface area contributed by atoms with Crippen molar-refractivity contribution in [2.75, 3.05) is 20.6 Å². The number of nitrogens with one attached hydrogen (secondary N) is 1. The number of hydrogen-bond donors (Lipinski definition) is 2. The minimum atomic E-state index is -0.544. The van der Waals surface area contributed by atoms with Crippen LogP contribution < -0.4 is 11.1 Å². The Bertz CT molecular complexity index is 424. The van der Waals surface area contributed by atoms with Gasteiger partial charge < -0.3 is 16.0 Å². The van der Waals surface area contributed by atoms with Crippen molar-refractivity contribution in [3.05, 3.63) is 22.4 Å². The first kappa shape index (κ1) is 15.5. The van der Waals surface area contributed by atoms with Crippen molar-refractivity contribution in [3.8, 4) is 0 Å². The summed E-state index contributed by atoms with van der Waals surface area (Å²) in [5.41, 5.74) is 6.10.